The number of fused-ring (bicyclic) bond motifs is 1. The number of thiazole rings is 1. The molecule has 0 radical (unpaired) electrons. The van der Waals surface area contributed by atoms with Gasteiger partial charge in [0, 0.05) is 24.4 Å². The normalized spacial score (nSPS) is 11.9. The van der Waals surface area contributed by atoms with Gasteiger partial charge in [0.25, 0.3) is 0 Å². The molecule has 0 N–H and O–H groups in total. The van der Waals surface area contributed by atoms with E-state index in [0.29, 0.717) is 16.3 Å². The molecule has 0 aliphatic heterocycles. The lowest BCUT2D eigenvalue weighted by molar-refractivity contribution is 0.0971. The number of benzene rings is 1. The Hall–Kier alpha value is -2.19. The van der Waals surface area contributed by atoms with Crippen molar-refractivity contribution < 1.29 is 18.7 Å². The van der Waals surface area contributed by atoms with Gasteiger partial charge in [-0.25, -0.2) is 0 Å². The van der Waals surface area contributed by atoms with E-state index in [1.54, 1.807) is 38.1 Å². The first kappa shape index (κ1) is 17.6. The molecule has 132 valence electrons. The molecule has 2 aromatic heterocycles. The fourth-order valence-corrected chi connectivity index (χ4v) is 3.85. The molecule has 8 heteroatoms. The second-order valence-electron chi connectivity index (χ2n) is 5.10. The van der Waals surface area contributed by atoms with Gasteiger partial charge in [0.2, 0.25) is 0 Å². The predicted molar refractivity (Wildman–Crippen MR) is 99.9 cm³/mol. The molecule has 0 spiro atoms. The molecule has 0 aliphatic rings. The van der Waals surface area contributed by atoms with Crippen molar-refractivity contribution in [1.29, 1.82) is 0 Å². The highest BCUT2D eigenvalue weighted by molar-refractivity contribution is 7.98. The van der Waals surface area contributed by atoms with Crippen LogP contribution in [0.1, 0.15) is 10.6 Å². The number of rotatable bonds is 6. The molecule has 6 nitrogen and oxygen atoms in total. The third-order valence-electron chi connectivity index (χ3n) is 3.64. The number of carbonyl (C=O) groups is 1. The minimum atomic E-state index is -0.395. The summed E-state index contributed by atoms with van der Waals surface area (Å²) in [6.45, 7) is 0.737. The summed E-state index contributed by atoms with van der Waals surface area (Å²) >= 11 is 3.17. The van der Waals surface area contributed by atoms with Gasteiger partial charge in [0.05, 0.1) is 30.7 Å². The molecular weight excluding hydrogens is 360 g/mol. The highest BCUT2D eigenvalue weighted by Gasteiger charge is 2.14. The van der Waals surface area contributed by atoms with E-state index in [9.17, 15) is 4.79 Å². The van der Waals surface area contributed by atoms with E-state index in [1.807, 2.05) is 23.0 Å². The molecule has 25 heavy (non-hydrogen) atoms. The minimum Gasteiger partial charge on any atom is -0.493 e. The second kappa shape index (κ2) is 7.79. The Balaban J connectivity index is 2.17. The summed E-state index contributed by atoms with van der Waals surface area (Å²) < 4.78 is 18.9. The average Bonchev–Trinajstić information content (AvgIpc) is 3.26. The molecule has 1 amide bonds. The number of hydrogen-bond acceptors (Lipinski definition) is 6. The maximum Gasteiger partial charge on any atom is 0.315 e. The van der Waals surface area contributed by atoms with Crippen LogP contribution in [0.15, 0.2) is 39.9 Å². The smallest absolute Gasteiger partial charge is 0.315 e. The van der Waals surface area contributed by atoms with Gasteiger partial charge in [-0.2, -0.15) is 16.8 Å². The number of amides is 1. The van der Waals surface area contributed by atoms with Crippen molar-refractivity contribution in [1.82, 2.24) is 4.57 Å². The maximum atomic E-state index is 12.3. The number of aromatic nitrogens is 1. The fourth-order valence-electron chi connectivity index (χ4n) is 2.42. The van der Waals surface area contributed by atoms with Gasteiger partial charge in [-0.3, -0.25) is 4.79 Å². The highest BCUT2D eigenvalue weighted by atomic mass is 32.2. The van der Waals surface area contributed by atoms with Crippen LogP contribution in [0, 0.1) is 0 Å². The Labute approximate surface area is 153 Å². The summed E-state index contributed by atoms with van der Waals surface area (Å²) in [7, 11) is 3.21. The summed E-state index contributed by atoms with van der Waals surface area (Å²) in [5.74, 6) is 2.03. The number of methoxy groups -OCH3 is 2. The van der Waals surface area contributed by atoms with Gasteiger partial charge < -0.3 is 18.5 Å². The first-order chi connectivity index (χ1) is 12.2. The Morgan fingerprint density at radius 2 is 2.08 bits per heavy atom. The van der Waals surface area contributed by atoms with Crippen molar-refractivity contribution in [2.24, 2.45) is 4.99 Å². The van der Waals surface area contributed by atoms with Crippen molar-refractivity contribution in [2.75, 3.05) is 26.2 Å². The SMILES string of the molecule is COc1cc2sc(=NC(=O)c3ccco3)n(CCSC)c2cc1OC. The van der Waals surface area contributed by atoms with Gasteiger partial charge in [-0.05, 0) is 18.4 Å². The van der Waals surface area contributed by atoms with Crippen molar-refractivity contribution in [3.8, 4) is 11.5 Å². The molecule has 1 aromatic carbocycles. The van der Waals surface area contributed by atoms with E-state index in [2.05, 4.69) is 4.99 Å². The van der Waals surface area contributed by atoms with Crippen LogP contribution >= 0.6 is 23.1 Å². The van der Waals surface area contributed by atoms with Crippen molar-refractivity contribution >= 4 is 39.2 Å². The molecule has 0 bridgehead atoms. The monoisotopic (exact) mass is 378 g/mol. The summed E-state index contributed by atoms with van der Waals surface area (Å²) in [6.07, 6.45) is 3.51. The van der Waals surface area contributed by atoms with Crippen LogP contribution in [0.25, 0.3) is 10.2 Å². The Morgan fingerprint density at radius 3 is 2.72 bits per heavy atom. The summed E-state index contributed by atoms with van der Waals surface area (Å²) in [5, 5.41) is 0. The molecule has 0 atom stereocenters. The number of hydrogen-bond donors (Lipinski definition) is 0. The molecule has 3 aromatic rings. The van der Waals surface area contributed by atoms with Crippen molar-refractivity contribution in [3.05, 3.63) is 41.1 Å². The Morgan fingerprint density at radius 1 is 1.32 bits per heavy atom. The van der Waals surface area contributed by atoms with Crippen LogP contribution < -0.4 is 14.3 Å². The quantitative estimate of drug-likeness (QED) is 0.658. The minimum absolute atomic E-state index is 0.226. The lowest BCUT2D eigenvalue weighted by Gasteiger charge is -2.09. The third-order valence-corrected chi connectivity index (χ3v) is 5.27. The van der Waals surface area contributed by atoms with Crippen LogP contribution in [0.2, 0.25) is 0 Å². The van der Waals surface area contributed by atoms with Crippen LogP contribution in [-0.4, -0.2) is 36.7 Å². The lowest BCUT2D eigenvalue weighted by Crippen LogP contribution is -2.18. The molecule has 2 heterocycles. The molecular formula is C17H18N2O4S2. The summed E-state index contributed by atoms with van der Waals surface area (Å²) in [6, 6.07) is 7.11. The third kappa shape index (κ3) is 3.59. The van der Waals surface area contributed by atoms with Gasteiger partial charge >= 0.3 is 5.91 Å². The van der Waals surface area contributed by atoms with Crippen LogP contribution in [-0.2, 0) is 6.54 Å². The topological polar surface area (TPSA) is 66.0 Å². The zero-order chi connectivity index (χ0) is 17.8. The molecule has 0 fully saturated rings. The van der Waals surface area contributed by atoms with E-state index in [-0.39, 0.29) is 5.76 Å². The van der Waals surface area contributed by atoms with E-state index in [0.717, 1.165) is 22.5 Å². The van der Waals surface area contributed by atoms with Crippen molar-refractivity contribution in [3.63, 3.8) is 0 Å². The molecule has 0 unspecified atom stereocenters. The first-order valence-corrected chi connectivity index (χ1v) is 9.75. The zero-order valence-corrected chi connectivity index (χ0v) is 15.8. The fraction of sp³-hybridized carbons (Fsp3) is 0.294. The molecule has 0 saturated heterocycles. The van der Waals surface area contributed by atoms with E-state index in [4.69, 9.17) is 13.9 Å². The van der Waals surface area contributed by atoms with Crippen molar-refractivity contribution in [2.45, 2.75) is 6.54 Å². The number of carbonyl (C=O) groups excluding carboxylic acids is 1. The van der Waals surface area contributed by atoms with E-state index < -0.39 is 5.91 Å². The zero-order valence-electron chi connectivity index (χ0n) is 14.1. The van der Waals surface area contributed by atoms with E-state index in [1.165, 1.54) is 17.6 Å². The Bertz CT molecular complexity index is 942. The maximum absolute atomic E-state index is 12.3. The van der Waals surface area contributed by atoms with Crippen LogP contribution in [0.3, 0.4) is 0 Å². The number of furan rings is 1. The molecule has 0 saturated carbocycles. The Kier molecular flexibility index (Phi) is 5.50. The first-order valence-electron chi connectivity index (χ1n) is 7.54. The van der Waals surface area contributed by atoms with Gasteiger partial charge in [-0.15, -0.1) is 0 Å². The number of aryl methyl sites for hydroxylation is 1. The molecule has 0 aliphatic carbocycles. The summed E-state index contributed by atoms with van der Waals surface area (Å²) in [4.78, 5) is 17.2. The van der Waals surface area contributed by atoms with E-state index >= 15 is 0 Å². The van der Waals surface area contributed by atoms with Crippen LogP contribution in [0.4, 0.5) is 0 Å². The second-order valence-corrected chi connectivity index (χ2v) is 7.09. The van der Waals surface area contributed by atoms with Crippen LogP contribution in [0.5, 0.6) is 11.5 Å². The van der Waals surface area contributed by atoms with Gasteiger partial charge in [0.1, 0.15) is 0 Å². The average molecular weight is 378 g/mol. The van der Waals surface area contributed by atoms with Gasteiger partial charge in [0.15, 0.2) is 22.1 Å². The number of nitrogens with zero attached hydrogens (tertiary/aromatic N) is 2. The van der Waals surface area contributed by atoms with Gasteiger partial charge in [-0.1, -0.05) is 11.3 Å². The number of thioether (sulfide) groups is 1. The number of ether oxygens (including phenoxy) is 2. The lowest BCUT2D eigenvalue weighted by atomic mass is 10.3. The standard InChI is InChI=1S/C17H18N2O4S2/c1-21-13-9-11-15(10-14(13)22-2)25-17(19(11)6-8-24-3)18-16(20)12-5-4-7-23-12/h4-5,7,9-10H,6,8H2,1-3H3. The predicted octanol–water partition coefficient (Wildman–Crippen LogP) is 3.42. The molecule has 3 rings (SSSR count). The highest BCUT2D eigenvalue weighted by Crippen LogP contribution is 2.33. The summed E-state index contributed by atoms with van der Waals surface area (Å²) in [5.41, 5.74) is 0.961. The largest absolute Gasteiger partial charge is 0.493 e.